The van der Waals surface area contributed by atoms with Crippen molar-refractivity contribution in [2.75, 3.05) is 6.61 Å². The summed E-state index contributed by atoms with van der Waals surface area (Å²) in [6, 6.07) is 23.3. The first-order valence-electron chi connectivity index (χ1n) is 13.5. The van der Waals surface area contributed by atoms with Crippen LogP contribution in [0.15, 0.2) is 77.7 Å². The summed E-state index contributed by atoms with van der Waals surface area (Å²) < 4.78 is 12.6. The van der Waals surface area contributed by atoms with Gasteiger partial charge >= 0.3 is 0 Å². The molecule has 1 saturated heterocycles. The van der Waals surface area contributed by atoms with Gasteiger partial charge in [-0.1, -0.05) is 118 Å². The largest absolute Gasteiger partial charge is 0.494 e. The molecule has 38 heavy (non-hydrogen) atoms. The molecule has 0 aromatic heterocycles. The number of unbranched alkanes of at least 4 members (excludes halogenated alkanes) is 6. The third-order valence-electron chi connectivity index (χ3n) is 6.92. The zero-order chi connectivity index (χ0) is 26.3. The minimum Gasteiger partial charge on any atom is -0.494 e. The van der Waals surface area contributed by atoms with Gasteiger partial charge in [-0.05, 0) is 42.3 Å². The lowest BCUT2D eigenvalue weighted by atomic mass is 9.93. The van der Waals surface area contributed by atoms with E-state index in [1.165, 1.54) is 50.3 Å². The van der Waals surface area contributed by atoms with E-state index in [9.17, 15) is 4.79 Å². The SMILES string of the molecule is CCCCCCCCCOc1ccc(C=C2SC(=S)N(C3c4ccccc4Oc4ccccc43)C2=O)cc1. The monoisotopic (exact) mass is 543 g/mol. The second-order valence-corrected chi connectivity index (χ2v) is 11.3. The molecule has 2 aliphatic heterocycles. The van der Waals surface area contributed by atoms with Gasteiger partial charge in [-0.15, -0.1) is 0 Å². The molecular weight excluding hydrogens is 510 g/mol. The van der Waals surface area contributed by atoms with Gasteiger partial charge in [-0.2, -0.15) is 0 Å². The minimum absolute atomic E-state index is 0.0873. The van der Waals surface area contributed by atoms with Gasteiger partial charge in [-0.25, -0.2) is 0 Å². The lowest BCUT2D eigenvalue weighted by Crippen LogP contribution is -2.34. The Morgan fingerprint density at radius 3 is 2.13 bits per heavy atom. The smallest absolute Gasteiger partial charge is 0.267 e. The maximum Gasteiger partial charge on any atom is 0.267 e. The van der Waals surface area contributed by atoms with Crippen molar-refractivity contribution in [3.05, 3.63) is 94.4 Å². The van der Waals surface area contributed by atoms with Crippen molar-refractivity contribution in [3.63, 3.8) is 0 Å². The quantitative estimate of drug-likeness (QED) is 0.137. The summed E-state index contributed by atoms with van der Waals surface area (Å²) in [6.07, 6.45) is 10.8. The van der Waals surface area contributed by atoms with E-state index in [4.69, 9.17) is 21.7 Å². The Labute approximate surface area is 235 Å². The molecule has 4 nitrogen and oxygen atoms in total. The van der Waals surface area contributed by atoms with Crippen LogP contribution < -0.4 is 9.47 Å². The van der Waals surface area contributed by atoms with Crippen LogP contribution in [-0.4, -0.2) is 21.7 Å². The fourth-order valence-electron chi connectivity index (χ4n) is 4.93. The number of ether oxygens (including phenoxy) is 2. The highest BCUT2D eigenvalue weighted by Crippen LogP contribution is 2.49. The summed E-state index contributed by atoms with van der Waals surface area (Å²) >= 11 is 7.08. The molecule has 0 N–H and O–H groups in total. The molecule has 0 atom stereocenters. The first-order valence-corrected chi connectivity index (χ1v) is 14.7. The van der Waals surface area contributed by atoms with Gasteiger partial charge in [0.1, 0.15) is 21.6 Å². The number of thiocarbonyl (C=S) groups is 1. The number of fused-ring (bicyclic) bond motifs is 2. The zero-order valence-corrected chi connectivity index (χ0v) is 23.4. The van der Waals surface area contributed by atoms with Gasteiger partial charge in [0, 0.05) is 11.1 Å². The minimum atomic E-state index is -0.322. The Morgan fingerprint density at radius 2 is 1.47 bits per heavy atom. The predicted octanol–water partition coefficient (Wildman–Crippen LogP) is 8.91. The molecule has 0 bridgehead atoms. The van der Waals surface area contributed by atoms with E-state index in [0.717, 1.165) is 47.0 Å². The standard InChI is InChI=1S/C32H33NO3S2/c1-2-3-4-5-6-7-12-21-35-24-19-17-23(18-20-24)22-29-31(34)33(32(37)38-29)30-25-13-8-10-15-27(25)36-28-16-11-9-14-26(28)30/h8-11,13-20,22,30H,2-7,12,21H2,1H3. The normalized spacial score (nSPS) is 15.9. The van der Waals surface area contributed by atoms with Crippen LogP contribution in [0.4, 0.5) is 0 Å². The number of carbonyl (C=O) groups is 1. The third-order valence-corrected chi connectivity index (χ3v) is 8.25. The summed E-state index contributed by atoms with van der Waals surface area (Å²) in [5, 5.41) is 0. The lowest BCUT2D eigenvalue weighted by molar-refractivity contribution is -0.123. The Kier molecular flexibility index (Phi) is 8.82. The Morgan fingerprint density at radius 1 is 0.868 bits per heavy atom. The van der Waals surface area contributed by atoms with E-state index < -0.39 is 0 Å². The number of hydrogen-bond acceptors (Lipinski definition) is 5. The molecule has 196 valence electrons. The number of rotatable bonds is 11. The maximum atomic E-state index is 13.7. The van der Waals surface area contributed by atoms with E-state index in [-0.39, 0.29) is 11.9 Å². The maximum absolute atomic E-state index is 13.7. The highest BCUT2D eigenvalue weighted by molar-refractivity contribution is 8.26. The Balaban J connectivity index is 1.25. The van der Waals surface area contributed by atoms with Crippen molar-refractivity contribution in [3.8, 4) is 17.2 Å². The fraction of sp³-hybridized carbons (Fsp3) is 0.312. The molecule has 3 aromatic rings. The highest BCUT2D eigenvalue weighted by atomic mass is 32.2. The van der Waals surface area contributed by atoms with Crippen LogP contribution in [0.1, 0.15) is 74.6 Å². The van der Waals surface area contributed by atoms with Crippen molar-refractivity contribution in [2.45, 2.75) is 57.9 Å². The van der Waals surface area contributed by atoms with E-state index in [1.807, 2.05) is 78.9 Å². The summed E-state index contributed by atoms with van der Waals surface area (Å²) in [4.78, 5) is 16.0. The summed E-state index contributed by atoms with van der Waals surface area (Å²) in [7, 11) is 0. The van der Waals surface area contributed by atoms with Crippen LogP contribution in [0.3, 0.4) is 0 Å². The molecule has 0 radical (unpaired) electrons. The number of nitrogens with zero attached hydrogens (tertiary/aromatic N) is 1. The number of benzene rings is 3. The van der Waals surface area contributed by atoms with Crippen molar-refractivity contribution in [2.24, 2.45) is 0 Å². The van der Waals surface area contributed by atoms with Gasteiger partial charge in [0.2, 0.25) is 0 Å². The first kappa shape index (κ1) is 26.5. The number of carbonyl (C=O) groups excluding carboxylic acids is 1. The molecule has 0 aliphatic carbocycles. The molecule has 6 heteroatoms. The Bertz CT molecular complexity index is 1270. The average molecular weight is 544 g/mol. The molecule has 2 aliphatic rings. The van der Waals surface area contributed by atoms with Crippen molar-refractivity contribution >= 4 is 40.3 Å². The molecule has 2 heterocycles. The van der Waals surface area contributed by atoms with Crippen LogP contribution >= 0.6 is 24.0 Å². The van der Waals surface area contributed by atoms with Crippen LogP contribution in [-0.2, 0) is 4.79 Å². The third kappa shape index (κ3) is 5.97. The van der Waals surface area contributed by atoms with Crippen LogP contribution in [0, 0.1) is 0 Å². The number of thioether (sulfide) groups is 1. The number of hydrogen-bond donors (Lipinski definition) is 0. The van der Waals surface area contributed by atoms with Gasteiger partial charge < -0.3 is 9.47 Å². The number of amides is 1. The molecule has 0 unspecified atom stereocenters. The number of para-hydroxylation sites is 2. The van der Waals surface area contributed by atoms with Crippen molar-refractivity contribution in [1.82, 2.24) is 4.90 Å². The lowest BCUT2D eigenvalue weighted by Gasteiger charge is -2.33. The molecule has 0 saturated carbocycles. The van der Waals surface area contributed by atoms with E-state index in [2.05, 4.69) is 6.92 Å². The zero-order valence-electron chi connectivity index (χ0n) is 21.7. The van der Waals surface area contributed by atoms with Crippen LogP contribution in [0.25, 0.3) is 6.08 Å². The molecular formula is C32H33NO3S2. The molecule has 5 rings (SSSR count). The van der Waals surface area contributed by atoms with E-state index >= 15 is 0 Å². The van der Waals surface area contributed by atoms with E-state index in [0.29, 0.717) is 9.23 Å². The van der Waals surface area contributed by atoms with Gasteiger partial charge in [0.25, 0.3) is 5.91 Å². The summed E-state index contributed by atoms with van der Waals surface area (Å²) in [6.45, 7) is 2.98. The summed E-state index contributed by atoms with van der Waals surface area (Å²) in [5.41, 5.74) is 2.82. The average Bonchev–Trinajstić information content (AvgIpc) is 3.21. The van der Waals surface area contributed by atoms with Gasteiger partial charge in [0.05, 0.1) is 17.6 Å². The second-order valence-electron chi connectivity index (χ2n) is 9.67. The van der Waals surface area contributed by atoms with Gasteiger partial charge in [-0.3, -0.25) is 9.69 Å². The molecule has 1 fully saturated rings. The molecule has 0 spiro atoms. The van der Waals surface area contributed by atoms with Crippen LogP contribution in [0.5, 0.6) is 17.2 Å². The van der Waals surface area contributed by atoms with Gasteiger partial charge in [0.15, 0.2) is 0 Å². The molecule has 1 amide bonds. The van der Waals surface area contributed by atoms with Crippen molar-refractivity contribution < 1.29 is 14.3 Å². The highest BCUT2D eigenvalue weighted by Gasteiger charge is 2.42. The summed E-state index contributed by atoms with van der Waals surface area (Å²) in [5.74, 6) is 2.27. The van der Waals surface area contributed by atoms with Crippen LogP contribution in [0.2, 0.25) is 0 Å². The molecule has 3 aromatic carbocycles. The van der Waals surface area contributed by atoms with E-state index in [1.54, 1.807) is 4.90 Å². The first-order chi connectivity index (χ1) is 18.7. The predicted molar refractivity (Wildman–Crippen MR) is 160 cm³/mol. The second kappa shape index (κ2) is 12.6. The Hall–Kier alpha value is -3.09. The van der Waals surface area contributed by atoms with Crippen molar-refractivity contribution in [1.29, 1.82) is 0 Å². The topological polar surface area (TPSA) is 38.8 Å². The fourth-order valence-corrected chi connectivity index (χ4v) is 6.24.